The summed E-state index contributed by atoms with van der Waals surface area (Å²) in [5, 5.41) is 0. The van der Waals surface area contributed by atoms with E-state index in [9.17, 15) is 0 Å². The van der Waals surface area contributed by atoms with E-state index < -0.39 is 0 Å². The van der Waals surface area contributed by atoms with Crippen LogP contribution < -0.4 is 5.73 Å². The van der Waals surface area contributed by atoms with Gasteiger partial charge in [-0.05, 0) is 53.0 Å². The highest BCUT2D eigenvalue weighted by atomic mass is 16.5. The summed E-state index contributed by atoms with van der Waals surface area (Å²) in [7, 11) is 0. The number of unbranched alkanes of at least 4 members (excludes halogenated alkanes) is 1. The second-order valence-electron chi connectivity index (χ2n) is 6.77. The number of hydrogen-bond donors (Lipinski definition) is 1. The van der Waals surface area contributed by atoms with E-state index >= 15 is 0 Å². The minimum atomic E-state index is -0.0461. The second-order valence-corrected chi connectivity index (χ2v) is 6.77. The Labute approximate surface area is 119 Å². The molecule has 0 aromatic rings. The summed E-state index contributed by atoms with van der Waals surface area (Å²) >= 11 is 0. The van der Waals surface area contributed by atoms with Crippen LogP contribution in [0.4, 0.5) is 0 Å². The van der Waals surface area contributed by atoms with Gasteiger partial charge in [0.15, 0.2) is 0 Å². The zero-order chi connectivity index (χ0) is 14.5. The molecule has 0 aliphatic carbocycles. The summed E-state index contributed by atoms with van der Waals surface area (Å²) in [6.45, 7) is 14.0. The summed E-state index contributed by atoms with van der Waals surface area (Å²) in [5.41, 5.74) is 6.31. The number of rotatable bonds is 7. The van der Waals surface area contributed by atoms with Crippen LogP contribution in [0.5, 0.6) is 0 Å². The fourth-order valence-corrected chi connectivity index (χ4v) is 3.46. The number of ether oxygens (including phenoxy) is 1. The molecule has 0 aromatic heterocycles. The fraction of sp³-hybridized carbons (Fsp3) is 1.00. The Morgan fingerprint density at radius 1 is 1.32 bits per heavy atom. The van der Waals surface area contributed by atoms with Crippen molar-refractivity contribution in [3.63, 3.8) is 0 Å². The Morgan fingerprint density at radius 2 is 2.00 bits per heavy atom. The van der Waals surface area contributed by atoms with Gasteiger partial charge in [-0.15, -0.1) is 0 Å². The lowest BCUT2D eigenvalue weighted by atomic mass is 9.78. The van der Waals surface area contributed by atoms with E-state index in [1.54, 1.807) is 0 Å². The molecule has 3 heteroatoms. The maximum absolute atomic E-state index is 6.23. The Bertz CT molecular complexity index is 267. The van der Waals surface area contributed by atoms with E-state index in [1.807, 2.05) is 0 Å². The molecule has 2 unspecified atom stereocenters. The molecule has 1 heterocycles. The summed E-state index contributed by atoms with van der Waals surface area (Å²) in [6.07, 6.45) is 5.80. The third kappa shape index (κ3) is 4.17. The van der Waals surface area contributed by atoms with Crippen LogP contribution in [-0.2, 0) is 4.74 Å². The lowest BCUT2D eigenvalue weighted by molar-refractivity contribution is -0.125. The minimum absolute atomic E-state index is 0.0461. The van der Waals surface area contributed by atoms with E-state index in [-0.39, 0.29) is 11.1 Å². The van der Waals surface area contributed by atoms with Gasteiger partial charge in [0.05, 0.1) is 5.60 Å². The van der Waals surface area contributed by atoms with E-state index in [0.29, 0.717) is 6.04 Å². The average molecular weight is 270 g/mol. The smallest absolute Gasteiger partial charge is 0.0644 e. The highest BCUT2D eigenvalue weighted by Gasteiger charge is 2.44. The van der Waals surface area contributed by atoms with Crippen molar-refractivity contribution in [2.45, 2.75) is 83.9 Å². The molecule has 0 bridgehead atoms. The third-order valence-electron chi connectivity index (χ3n) is 4.68. The summed E-state index contributed by atoms with van der Waals surface area (Å²) in [6, 6.07) is 0.601. The standard InChI is InChI=1S/C16H34N2O/c1-6-8-10-18(14(3)7-2)16(13-17)9-11-19-15(4,5)12-16/h14H,6-13,17H2,1-5H3. The van der Waals surface area contributed by atoms with Crippen LogP contribution in [0.2, 0.25) is 0 Å². The summed E-state index contributed by atoms with van der Waals surface area (Å²) in [4.78, 5) is 2.68. The average Bonchev–Trinajstić information content (AvgIpc) is 2.37. The molecule has 3 nitrogen and oxygen atoms in total. The van der Waals surface area contributed by atoms with E-state index in [4.69, 9.17) is 10.5 Å². The van der Waals surface area contributed by atoms with Gasteiger partial charge in [0, 0.05) is 24.7 Å². The van der Waals surface area contributed by atoms with Gasteiger partial charge in [0.1, 0.15) is 0 Å². The molecule has 1 rings (SSSR count). The third-order valence-corrected chi connectivity index (χ3v) is 4.68. The SMILES string of the molecule is CCCCN(C(C)CC)C1(CN)CCOC(C)(C)C1. The Balaban J connectivity index is 2.92. The lowest BCUT2D eigenvalue weighted by Gasteiger charge is -2.53. The maximum Gasteiger partial charge on any atom is 0.0644 e. The summed E-state index contributed by atoms with van der Waals surface area (Å²) in [5.74, 6) is 0. The molecule has 1 aliphatic rings. The van der Waals surface area contributed by atoms with Gasteiger partial charge in [0.25, 0.3) is 0 Å². The van der Waals surface area contributed by atoms with E-state index in [2.05, 4.69) is 39.5 Å². The molecule has 1 fully saturated rings. The second kappa shape index (κ2) is 7.05. The van der Waals surface area contributed by atoms with Crippen molar-refractivity contribution in [2.75, 3.05) is 19.7 Å². The molecule has 2 N–H and O–H groups in total. The first kappa shape index (κ1) is 16.9. The number of hydrogen-bond acceptors (Lipinski definition) is 3. The van der Waals surface area contributed by atoms with E-state index in [1.165, 1.54) is 25.8 Å². The zero-order valence-corrected chi connectivity index (χ0v) is 13.7. The van der Waals surface area contributed by atoms with Crippen molar-refractivity contribution in [1.29, 1.82) is 0 Å². The molecule has 0 aromatic carbocycles. The number of nitrogens with two attached hydrogens (primary N) is 1. The predicted molar refractivity (Wildman–Crippen MR) is 82.4 cm³/mol. The largest absolute Gasteiger partial charge is 0.375 e. The molecule has 114 valence electrons. The van der Waals surface area contributed by atoms with Crippen molar-refractivity contribution < 1.29 is 4.74 Å². The zero-order valence-electron chi connectivity index (χ0n) is 13.7. The minimum Gasteiger partial charge on any atom is -0.375 e. The molecule has 19 heavy (non-hydrogen) atoms. The Kier molecular flexibility index (Phi) is 6.28. The van der Waals surface area contributed by atoms with Gasteiger partial charge < -0.3 is 10.5 Å². The quantitative estimate of drug-likeness (QED) is 0.772. The molecular weight excluding hydrogens is 236 g/mol. The van der Waals surface area contributed by atoms with Crippen LogP contribution in [0.15, 0.2) is 0 Å². The van der Waals surface area contributed by atoms with Gasteiger partial charge >= 0.3 is 0 Å². The van der Waals surface area contributed by atoms with Crippen LogP contribution in [0.3, 0.4) is 0 Å². The summed E-state index contributed by atoms with van der Waals surface area (Å²) < 4.78 is 5.91. The monoisotopic (exact) mass is 270 g/mol. The van der Waals surface area contributed by atoms with Gasteiger partial charge in [-0.1, -0.05) is 20.3 Å². The Hall–Kier alpha value is -0.120. The van der Waals surface area contributed by atoms with Crippen LogP contribution in [0, 0.1) is 0 Å². The fourth-order valence-electron chi connectivity index (χ4n) is 3.46. The topological polar surface area (TPSA) is 38.5 Å². The Morgan fingerprint density at radius 3 is 2.47 bits per heavy atom. The van der Waals surface area contributed by atoms with Gasteiger partial charge in [-0.3, -0.25) is 4.90 Å². The molecule has 2 atom stereocenters. The van der Waals surface area contributed by atoms with Gasteiger partial charge in [-0.25, -0.2) is 0 Å². The molecule has 0 spiro atoms. The van der Waals surface area contributed by atoms with Crippen molar-refractivity contribution >= 4 is 0 Å². The highest BCUT2D eigenvalue weighted by Crippen LogP contribution is 2.37. The van der Waals surface area contributed by atoms with Crippen molar-refractivity contribution in [2.24, 2.45) is 5.73 Å². The van der Waals surface area contributed by atoms with Crippen molar-refractivity contribution in [3.8, 4) is 0 Å². The first-order valence-electron chi connectivity index (χ1n) is 8.01. The van der Waals surface area contributed by atoms with Crippen LogP contribution >= 0.6 is 0 Å². The lowest BCUT2D eigenvalue weighted by Crippen LogP contribution is -2.62. The van der Waals surface area contributed by atoms with Crippen LogP contribution in [0.1, 0.15) is 66.7 Å². The van der Waals surface area contributed by atoms with Crippen molar-refractivity contribution in [1.82, 2.24) is 4.90 Å². The maximum atomic E-state index is 6.23. The van der Waals surface area contributed by atoms with E-state index in [0.717, 1.165) is 26.0 Å². The van der Waals surface area contributed by atoms with Crippen LogP contribution in [-0.4, -0.2) is 41.8 Å². The van der Waals surface area contributed by atoms with Gasteiger partial charge in [-0.2, -0.15) is 0 Å². The molecular formula is C16H34N2O. The van der Waals surface area contributed by atoms with Crippen LogP contribution in [0.25, 0.3) is 0 Å². The molecule has 0 amide bonds. The number of nitrogens with zero attached hydrogens (tertiary/aromatic N) is 1. The molecule has 1 aliphatic heterocycles. The first-order valence-corrected chi connectivity index (χ1v) is 8.01. The molecule has 0 radical (unpaired) electrons. The normalized spacial score (nSPS) is 28.6. The highest BCUT2D eigenvalue weighted by molar-refractivity contribution is 5.00. The molecule has 1 saturated heterocycles. The molecule has 0 saturated carbocycles. The van der Waals surface area contributed by atoms with Crippen molar-refractivity contribution in [3.05, 3.63) is 0 Å². The predicted octanol–water partition coefficient (Wildman–Crippen LogP) is 3.17. The van der Waals surface area contributed by atoms with Gasteiger partial charge in [0.2, 0.25) is 0 Å². The first-order chi connectivity index (χ1) is 8.90.